The van der Waals surface area contributed by atoms with Crippen LogP contribution in [-0.2, 0) is 0 Å². The van der Waals surface area contributed by atoms with E-state index in [1.807, 2.05) is 0 Å². The molecule has 0 unspecified atom stereocenters. The van der Waals surface area contributed by atoms with E-state index in [-0.39, 0.29) is 5.92 Å². The molecule has 1 fully saturated rings. The first-order valence-electron chi connectivity index (χ1n) is 5.32. The SMILES string of the molecule is Cc1cc(-c2nnc(SC[C@H]3CC3(Cl)Cl)o2)no1. The molecule has 5 nitrogen and oxygen atoms in total. The van der Waals surface area contributed by atoms with E-state index in [9.17, 15) is 0 Å². The Morgan fingerprint density at radius 3 is 2.89 bits per heavy atom. The zero-order valence-corrected chi connectivity index (χ0v) is 11.7. The van der Waals surface area contributed by atoms with Crippen molar-refractivity contribution in [3.8, 4) is 11.6 Å². The molecular weight excluding hydrogens is 297 g/mol. The maximum Gasteiger partial charge on any atom is 0.276 e. The second kappa shape index (κ2) is 4.43. The second-order valence-electron chi connectivity index (χ2n) is 4.17. The third kappa shape index (κ3) is 2.50. The number of alkyl halides is 2. The maximum atomic E-state index is 5.94. The average Bonchev–Trinajstić information content (AvgIpc) is 2.77. The predicted molar refractivity (Wildman–Crippen MR) is 67.8 cm³/mol. The smallest absolute Gasteiger partial charge is 0.276 e. The van der Waals surface area contributed by atoms with Crippen LogP contribution in [0, 0.1) is 12.8 Å². The molecule has 1 atom stereocenters. The Hall–Kier alpha value is -0.720. The second-order valence-corrected chi connectivity index (χ2v) is 6.68. The van der Waals surface area contributed by atoms with Gasteiger partial charge in [0.25, 0.3) is 11.1 Å². The molecule has 0 aromatic carbocycles. The van der Waals surface area contributed by atoms with E-state index in [1.165, 1.54) is 11.8 Å². The Morgan fingerprint density at radius 1 is 1.50 bits per heavy atom. The van der Waals surface area contributed by atoms with Gasteiger partial charge in [-0.05, 0) is 13.3 Å². The first-order chi connectivity index (χ1) is 8.54. The Kier molecular flexibility index (Phi) is 3.03. The minimum Gasteiger partial charge on any atom is -0.409 e. The van der Waals surface area contributed by atoms with E-state index < -0.39 is 4.33 Å². The van der Waals surface area contributed by atoms with E-state index in [4.69, 9.17) is 32.1 Å². The minimum absolute atomic E-state index is 0.287. The minimum atomic E-state index is -0.570. The first-order valence-corrected chi connectivity index (χ1v) is 7.06. The van der Waals surface area contributed by atoms with Crippen LogP contribution in [0.25, 0.3) is 11.6 Å². The van der Waals surface area contributed by atoms with E-state index in [0.29, 0.717) is 22.6 Å². The molecule has 1 aliphatic rings. The molecule has 3 rings (SSSR count). The summed E-state index contributed by atoms with van der Waals surface area (Å²) in [4.78, 5) is 0. The average molecular weight is 306 g/mol. The number of halogens is 2. The Labute approximate surface area is 117 Å². The summed E-state index contributed by atoms with van der Waals surface area (Å²) in [6, 6.07) is 1.74. The highest BCUT2D eigenvalue weighted by Gasteiger charge is 2.51. The zero-order chi connectivity index (χ0) is 12.8. The molecule has 2 aromatic rings. The van der Waals surface area contributed by atoms with Gasteiger partial charge < -0.3 is 8.94 Å². The molecule has 0 radical (unpaired) electrons. The van der Waals surface area contributed by atoms with Crippen LogP contribution in [0.5, 0.6) is 0 Å². The molecule has 0 aliphatic heterocycles. The molecule has 2 aromatic heterocycles. The van der Waals surface area contributed by atoms with Crippen molar-refractivity contribution in [2.45, 2.75) is 22.9 Å². The number of rotatable bonds is 4. The fourth-order valence-electron chi connectivity index (χ4n) is 1.46. The van der Waals surface area contributed by atoms with Crippen LogP contribution < -0.4 is 0 Å². The molecular formula is C10H9Cl2N3O2S. The first kappa shape index (κ1) is 12.3. The summed E-state index contributed by atoms with van der Waals surface area (Å²) in [7, 11) is 0. The van der Waals surface area contributed by atoms with E-state index in [0.717, 1.165) is 12.2 Å². The van der Waals surface area contributed by atoms with E-state index >= 15 is 0 Å². The molecule has 18 heavy (non-hydrogen) atoms. The molecule has 1 aliphatic carbocycles. The van der Waals surface area contributed by atoms with Gasteiger partial charge in [0, 0.05) is 17.7 Å². The van der Waals surface area contributed by atoms with Gasteiger partial charge in [-0.2, -0.15) is 0 Å². The van der Waals surface area contributed by atoms with Crippen LogP contribution in [0.3, 0.4) is 0 Å². The molecule has 8 heteroatoms. The van der Waals surface area contributed by atoms with Crippen LogP contribution in [0.2, 0.25) is 0 Å². The lowest BCUT2D eigenvalue weighted by Crippen LogP contribution is -1.92. The fraction of sp³-hybridized carbons (Fsp3) is 0.500. The summed E-state index contributed by atoms with van der Waals surface area (Å²) in [5.74, 6) is 2.11. The number of aryl methyl sites for hydroxylation is 1. The number of hydrogen-bond acceptors (Lipinski definition) is 6. The van der Waals surface area contributed by atoms with Gasteiger partial charge in [0.2, 0.25) is 0 Å². The van der Waals surface area contributed by atoms with Crippen molar-refractivity contribution < 1.29 is 8.94 Å². The standard InChI is InChI=1S/C10H9Cl2N3O2S/c1-5-2-7(15-17-5)8-13-14-9(16-8)18-4-6-3-10(6,11)12/h2,6H,3-4H2,1H3/t6-/m1/s1. The lowest BCUT2D eigenvalue weighted by Gasteiger charge is -1.95. The van der Waals surface area contributed by atoms with E-state index in [2.05, 4.69) is 15.4 Å². The number of thioether (sulfide) groups is 1. The summed E-state index contributed by atoms with van der Waals surface area (Å²) in [6.07, 6.45) is 0.812. The quantitative estimate of drug-likeness (QED) is 0.638. The summed E-state index contributed by atoms with van der Waals surface area (Å²) >= 11 is 13.3. The van der Waals surface area contributed by atoms with Crippen molar-refractivity contribution in [1.29, 1.82) is 0 Å². The van der Waals surface area contributed by atoms with Gasteiger partial charge >= 0.3 is 0 Å². The van der Waals surface area contributed by atoms with Crippen LogP contribution in [0.4, 0.5) is 0 Å². The Balaban J connectivity index is 1.63. The van der Waals surface area contributed by atoms with Gasteiger partial charge in [-0.1, -0.05) is 16.9 Å². The van der Waals surface area contributed by atoms with Crippen molar-refractivity contribution in [2.24, 2.45) is 5.92 Å². The summed E-state index contributed by atoms with van der Waals surface area (Å²) in [6.45, 7) is 1.80. The Morgan fingerprint density at radius 2 is 2.28 bits per heavy atom. The highest BCUT2D eigenvalue weighted by molar-refractivity contribution is 7.99. The molecule has 0 spiro atoms. The molecule has 0 N–H and O–H groups in total. The summed E-state index contributed by atoms with van der Waals surface area (Å²) < 4.78 is 9.84. The maximum absolute atomic E-state index is 5.94. The molecule has 0 bridgehead atoms. The van der Waals surface area contributed by atoms with Crippen molar-refractivity contribution in [3.05, 3.63) is 11.8 Å². The van der Waals surface area contributed by atoms with Gasteiger partial charge in [-0.15, -0.1) is 33.4 Å². The number of hydrogen-bond donors (Lipinski definition) is 0. The third-order valence-corrected chi connectivity index (χ3v) is 4.52. The largest absolute Gasteiger partial charge is 0.409 e. The van der Waals surface area contributed by atoms with Crippen molar-refractivity contribution in [3.63, 3.8) is 0 Å². The topological polar surface area (TPSA) is 65.0 Å². The van der Waals surface area contributed by atoms with Gasteiger partial charge in [0.05, 0.1) is 0 Å². The monoisotopic (exact) mass is 305 g/mol. The fourth-order valence-corrected chi connectivity index (χ4v) is 3.15. The Bertz CT molecular complexity index is 569. The lowest BCUT2D eigenvalue weighted by atomic mass is 10.4. The number of aromatic nitrogens is 3. The number of nitrogens with zero attached hydrogens (tertiary/aromatic N) is 3. The van der Waals surface area contributed by atoms with Crippen molar-refractivity contribution in [2.75, 3.05) is 5.75 Å². The normalized spacial score (nSPS) is 21.2. The van der Waals surface area contributed by atoms with Crippen LogP contribution in [0.15, 0.2) is 20.2 Å². The molecule has 0 amide bonds. The third-order valence-electron chi connectivity index (χ3n) is 2.62. The van der Waals surface area contributed by atoms with Crippen molar-refractivity contribution >= 4 is 35.0 Å². The highest BCUT2D eigenvalue weighted by Crippen LogP contribution is 2.54. The molecule has 2 heterocycles. The van der Waals surface area contributed by atoms with Gasteiger partial charge in [0.15, 0.2) is 5.69 Å². The van der Waals surface area contributed by atoms with Crippen LogP contribution >= 0.6 is 35.0 Å². The van der Waals surface area contributed by atoms with Gasteiger partial charge in [-0.3, -0.25) is 0 Å². The van der Waals surface area contributed by atoms with Crippen molar-refractivity contribution in [1.82, 2.24) is 15.4 Å². The molecule has 1 saturated carbocycles. The summed E-state index contributed by atoms with van der Waals surface area (Å²) in [5, 5.41) is 12.1. The van der Waals surface area contributed by atoms with Crippen LogP contribution in [0.1, 0.15) is 12.2 Å². The summed E-state index contributed by atoms with van der Waals surface area (Å²) in [5.41, 5.74) is 0.544. The highest BCUT2D eigenvalue weighted by atomic mass is 35.5. The zero-order valence-electron chi connectivity index (χ0n) is 9.39. The van der Waals surface area contributed by atoms with Gasteiger partial charge in [-0.25, -0.2) is 0 Å². The van der Waals surface area contributed by atoms with E-state index in [1.54, 1.807) is 13.0 Å². The molecule has 0 saturated heterocycles. The lowest BCUT2D eigenvalue weighted by molar-refractivity contribution is 0.394. The predicted octanol–water partition coefficient (Wildman–Crippen LogP) is 3.32. The molecule has 96 valence electrons. The van der Waals surface area contributed by atoms with Gasteiger partial charge in [0.1, 0.15) is 10.1 Å². The van der Waals surface area contributed by atoms with Crippen LogP contribution in [-0.4, -0.2) is 25.4 Å².